The second kappa shape index (κ2) is 14.0. The Morgan fingerprint density at radius 2 is 1.66 bits per heavy atom. The molecule has 1 atom stereocenters. The van der Waals surface area contributed by atoms with Crippen molar-refractivity contribution < 1.29 is 22.7 Å². The van der Waals surface area contributed by atoms with E-state index in [1.165, 1.54) is 17.0 Å². The first kappa shape index (κ1) is 30.6. The van der Waals surface area contributed by atoms with E-state index in [9.17, 15) is 18.0 Å². The van der Waals surface area contributed by atoms with E-state index >= 15 is 0 Å². The summed E-state index contributed by atoms with van der Waals surface area (Å²) in [6.45, 7) is 1.31. The molecule has 218 valence electrons. The van der Waals surface area contributed by atoms with Crippen LogP contribution >= 0.6 is 15.9 Å². The van der Waals surface area contributed by atoms with Gasteiger partial charge in [-0.2, -0.15) is 0 Å². The van der Waals surface area contributed by atoms with Gasteiger partial charge >= 0.3 is 0 Å². The maximum absolute atomic E-state index is 14.1. The summed E-state index contributed by atoms with van der Waals surface area (Å²) in [4.78, 5) is 29.0. The Labute approximate surface area is 250 Å². The molecule has 3 aromatic carbocycles. The first-order valence-electron chi connectivity index (χ1n) is 13.7. The number of nitrogens with zero attached hydrogens (tertiary/aromatic N) is 2. The van der Waals surface area contributed by atoms with Gasteiger partial charge in [-0.3, -0.25) is 13.9 Å². The molecule has 0 unspecified atom stereocenters. The molecule has 0 aliphatic heterocycles. The highest BCUT2D eigenvalue weighted by Crippen LogP contribution is 2.26. The molecule has 0 spiro atoms. The predicted molar refractivity (Wildman–Crippen MR) is 163 cm³/mol. The van der Waals surface area contributed by atoms with E-state index in [1.54, 1.807) is 68.6 Å². The Morgan fingerprint density at radius 1 is 0.976 bits per heavy atom. The van der Waals surface area contributed by atoms with Crippen LogP contribution in [0.2, 0.25) is 0 Å². The molecule has 1 fully saturated rings. The van der Waals surface area contributed by atoms with Crippen molar-refractivity contribution in [2.45, 2.75) is 62.6 Å². The number of sulfonamides is 1. The minimum absolute atomic E-state index is 0.0677. The fourth-order valence-electron chi connectivity index (χ4n) is 4.97. The monoisotopic (exact) mass is 641 g/mol. The van der Waals surface area contributed by atoms with Gasteiger partial charge in [-0.1, -0.05) is 65.5 Å². The molecule has 0 saturated heterocycles. The van der Waals surface area contributed by atoms with Crippen LogP contribution < -0.4 is 14.4 Å². The van der Waals surface area contributed by atoms with Crippen LogP contribution in [-0.2, 0) is 26.2 Å². The van der Waals surface area contributed by atoms with Crippen LogP contribution in [0.4, 0.5) is 5.69 Å². The number of carbonyl (C=O) groups is 2. The summed E-state index contributed by atoms with van der Waals surface area (Å²) in [6.07, 6.45) is 5.10. The molecule has 0 radical (unpaired) electrons. The van der Waals surface area contributed by atoms with Crippen molar-refractivity contribution in [1.82, 2.24) is 10.2 Å². The smallest absolute Gasteiger partial charge is 0.264 e. The van der Waals surface area contributed by atoms with Gasteiger partial charge in [0.1, 0.15) is 18.3 Å². The minimum atomic E-state index is -4.10. The van der Waals surface area contributed by atoms with Crippen molar-refractivity contribution in [1.29, 1.82) is 0 Å². The molecule has 1 aliphatic rings. The molecule has 3 aromatic rings. The van der Waals surface area contributed by atoms with Crippen LogP contribution in [0.25, 0.3) is 0 Å². The minimum Gasteiger partial charge on any atom is -0.497 e. The summed E-state index contributed by atoms with van der Waals surface area (Å²) in [5, 5.41) is 3.12. The molecule has 1 aliphatic carbocycles. The number of hydrogen-bond donors (Lipinski definition) is 1. The van der Waals surface area contributed by atoms with Gasteiger partial charge in [-0.05, 0) is 73.9 Å². The van der Waals surface area contributed by atoms with Crippen molar-refractivity contribution in [2.75, 3.05) is 18.0 Å². The van der Waals surface area contributed by atoms with E-state index in [0.29, 0.717) is 11.4 Å². The lowest BCUT2D eigenvalue weighted by Crippen LogP contribution is -2.53. The van der Waals surface area contributed by atoms with Crippen molar-refractivity contribution in [3.63, 3.8) is 0 Å². The molecular weight excluding hydrogens is 606 g/mol. The predicted octanol–water partition coefficient (Wildman–Crippen LogP) is 5.52. The van der Waals surface area contributed by atoms with Crippen LogP contribution in [0.5, 0.6) is 5.75 Å². The lowest BCUT2D eigenvalue weighted by Gasteiger charge is -2.33. The van der Waals surface area contributed by atoms with Crippen LogP contribution in [0, 0.1) is 0 Å². The Bertz CT molecular complexity index is 1430. The Balaban J connectivity index is 1.67. The number of amides is 2. The number of methoxy groups -OCH3 is 1. The molecule has 1 N–H and O–H groups in total. The topological polar surface area (TPSA) is 96.0 Å². The van der Waals surface area contributed by atoms with E-state index < -0.39 is 28.5 Å². The van der Waals surface area contributed by atoms with E-state index in [-0.39, 0.29) is 23.4 Å². The van der Waals surface area contributed by atoms with Gasteiger partial charge in [0.05, 0.1) is 17.7 Å². The number of halogens is 1. The average molecular weight is 643 g/mol. The lowest BCUT2D eigenvalue weighted by molar-refractivity contribution is -0.139. The highest BCUT2D eigenvalue weighted by Gasteiger charge is 2.33. The second-order valence-corrected chi connectivity index (χ2v) is 13.0. The summed E-state index contributed by atoms with van der Waals surface area (Å²) in [5.74, 6) is -0.131. The summed E-state index contributed by atoms with van der Waals surface area (Å²) in [5.41, 5.74) is 1.10. The van der Waals surface area contributed by atoms with Gasteiger partial charge in [0.2, 0.25) is 11.8 Å². The third-order valence-electron chi connectivity index (χ3n) is 7.33. The van der Waals surface area contributed by atoms with Crippen molar-refractivity contribution in [3.8, 4) is 5.75 Å². The first-order valence-corrected chi connectivity index (χ1v) is 16.0. The maximum atomic E-state index is 14.1. The van der Waals surface area contributed by atoms with Crippen LogP contribution in [0.15, 0.2) is 88.2 Å². The zero-order valence-corrected chi connectivity index (χ0v) is 25.7. The van der Waals surface area contributed by atoms with Crippen LogP contribution in [-0.4, -0.2) is 50.9 Å². The second-order valence-electron chi connectivity index (χ2n) is 10.2. The summed E-state index contributed by atoms with van der Waals surface area (Å²) in [6, 6.07) is 21.3. The number of ether oxygens (including phenoxy) is 1. The molecule has 8 nitrogen and oxygen atoms in total. The van der Waals surface area contributed by atoms with Crippen molar-refractivity contribution in [2.24, 2.45) is 0 Å². The Morgan fingerprint density at radius 3 is 2.32 bits per heavy atom. The number of anilines is 1. The van der Waals surface area contributed by atoms with Gasteiger partial charge in [-0.15, -0.1) is 0 Å². The van der Waals surface area contributed by atoms with Crippen LogP contribution in [0.1, 0.15) is 44.6 Å². The summed E-state index contributed by atoms with van der Waals surface area (Å²) >= 11 is 3.39. The number of nitrogens with one attached hydrogen (secondary N) is 1. The Kier molecular flexibility index (Phi) is 10.4. The molecule has 0 aromatic heterocycles. The normalized spacial score (nSPS) is 14.6. The van der Waals surface area contributed by atoms with E-state index in [4.69, 9.17) is 4.74 Å². The highest BCUT2D eigenvalue weighted by molar-refractivity contribution is 9.10. The molecular formula is C31H36BrN3O5S. The summed E-state index contributed by atoms with van der Waals surface area (Å²) < 4.78 is 34.9. The summed E-state index contributed by atoms with van der Waals surface area (Å²) in [7, 11) is -2.54. The third kappa shape index (κ3) is 7.89. The average Bonchev–Trinajstić information content (AvgIpc) is 2.99. The number of rotatable bonds is 11. The fraction of sp³-hybridized carbons (Fsp3) is 0.355. The number of carbonyl (C=O) groups excluding carboxylic acids is 2. The quantitative estimate of drug-likeness (QED) is 0.297. The zero-order chi connectivity index (χ0) is 29.4. The van der Waals surface area contributed by atoms with Gasteiger partial charge in [0.15, 0.2) is 0 Å². The van der Waals surface area contributed by atoms with E-state index in [0.717, 1.165) is 46.4 Å². The van der Waals surface area contributed by atoms with E-state index in [1.807, 2.05) is 12.1 Å². The van der Waals surface area contributed by atoms with Crippen LogP contribution in [0.3, 0.4) is 0 Å². The van der Waals surface area contributed by atoms with Crippen molar-refractivity contribution >= 4 is 43.5 Å². The van der Waals surface area contributed by atoms with Gasteiger partial charge in [0.25, 0.3) is 10.0 Å². The van der Waals surface area contributed by atoms with E-state index in [2.05, 4.69) is 21.2 Å². The fourth-order valence-corrected chi connectivity index (χ4v) is 6.67. The highest BCUT2D eigenvalue weighted by atomic mass is 79.9. The third-order valence-corrected chi connectivity index (χ3v) is 9.65. The molecule has 2 amide bonds. The molecule has 1 saturated carbocycles. The standard InChI is InChI=1S/C31H36BrN3O5S/c1-23(31(37)33-26-11-5-3-6-12-26)34(21-24-10-9-13-28(20-24)40-2)30(36)22-35(27-18-16-25(32)17-19-27)41(38,39)29-14-7-4-8-15-29/h4,7-10,13-20,23,26H,3,5-6,11-12,21-22H2,1-2H3,(H,33,37)/t23-/m1/s1. The molecule has 0 bridgehead atoms. The van der Waals surface area contributed by atoms with Crippen molar-refractivity contribution in [3.05, 3.63) is 88.9 Å². The zero-order valence-electron chi connectivity index (χ0n) is 23.3. The van der Waals surface area contributed by atoms with Gasteiger partial charge in [-0.25, -0.2) is 8.42 Å². The maximum Gasteiger partial charge on any atom is 0.264 e. The van der Waals surface area contributed by atoms with Gasteiger partial charge in [0, 0.05) is 17.1 Å². The number of benzene rings is 3. The first-order chi connectivity index (χ1) is 19.7. The lowest BCUT2D eigenvalue weighted by atomic mass is 9.95. The number of hydrogen-bond acceptors (Lipinski definition) is 5. The molecule has 0 heterocycles. The largest absolute Gasteiger partial charge is 0.497 e. The SMILES string of the molecule is COc1cccc(CN(C(=O)CN(c2ccc(Br)cc2)S(=O)(=O)c2ccccc2)[C@H](C)C(=O)NC2CCCCC2)c1. The Hall–Kier alpha value is -3.37. The van der Waals surface area contributed by atoms with Gasteiger partial charge < -0.3 is 15.0 Å². The molecule has 4 rings (SSSR count). The molecule has 10 heteroatoms. The molecule has 41 heavy (non-hydrogen) atoms.